The normalized spacial score (nSPS) is 12.5. The molecule has 8 nitrogen and oxygen atoms in total. The summed E-state index contributed by atoms with van der Waals surface area (Å²) >= 11 is 0. The summed E-state index contributed by atoms with van der Waals surface area (Å²) < 4.78 is 19.9. The molecule has 1 aromatic carbocycles. The molecule has 8 heteroatoms. The van der Waals surface area contributed by atoms with Gasteiger partial charge in [-0.25, -0.2) is 9.59 Å². The van der Waals surface area contributed by atoms with Crippen LogP contribution in [-0.4, -0.2) is 51.8 Å². The van der Waals surface area contributed by atoms with Crippen LogP contribution in [0.5, 0.6) is 11.5 Å². The van der Waals surface area contributed by atoms with Gasteiger partial charge < -0.3 is 24.3 Å². The summed E-state index contributed by atoms with van der Waals surface area (Å²) in [5.74, 6) is -1.27. The Labute approximate surface area is 152 Å². The lowest BCUT2D eigenvalue weighted by molar-refractivity contribution is -0.147. The van der Waals surface area contributed by atoms with Crippen molar-refractivity contribution in [2.75, 3.05) is 27.9 Å². The van der Waals surface area contributed by atoms with E-state index >= 15 is 0 Å². The summed E-state index contributed by atoms with van der Waals surface area (Å²) in [6.45, 7) is 3.17. The van der Waals surface area contributed by atoms with E-state index in [4.69, 9.17) is 18.9 Å². The van der Waals surface area contributed by atoms with E-state index in [2.05, 4.69) is 5.32 Å². The summed E-state index contributed by atoms with van der Waals surface area (Å²) in [4.78, 5) is 36.1. The van der Waals surface area contributed by atoms with Gasteiger partial charge in [-0.15, -0.1) is 0 Å². The second kappa shape index (κ2) is 10.3. The second-order valence-corrected chi connectivity index (χ2v) is 5.60. The molecule has 144 valence electrons. The van der Waals surface area contributed by atoms with Crippen LogP contribution in [-0.2, 0) is 19.1 Å². The number of methoxy groups -OCH3 is 3. The van der Waals surface area contributed by atoms with Crippen molar-refractivity contribution in [3.05, 3.63) is 23.8 Å². The number of rotatable bonds is 9. The van der Waals surface area contributed by atoms with Crippen molar-refractivity contribution in [3.8, 4) is 11.5 Å². The Morgan fingerprint density at radius 2 is 1.81 bits per heavy atom. The molecule has 0 bridgehead atoms. The van der Waals surface area contributed by atoms with Gasteiger partial charge in [-0.05, 0) is 24.1 Å². The number of carbonyl (C=O) groups is 3. The zero-order valence-electron chi connectivity index (χ0n) is 15.7. The van der Waals surface area contributed by atoms with E-state index in [0.29, 0.717) is 17.9 Å². The molecule has 0 saturated carbocycles. The number of carbonyl (C=O) groups excluding carboxylic acids is 3. The first-order valence-corrected chi connectivity index (χ1v) is 8.14. The van der Waals surface area contributed by atoms with E-state index < -0.39 is 30.5 Å². The third-order valence-corrected chi connectivity index (χ3v) is 3.95. The van der Waals surface area contributed by atoms with Crippen LogP contribution in [0.4, 0.5) is 0 Å². The summed E-state index contributed by atoms with van der Waals surface area (Å²) in [7, 11) is 4.13. The molecular formula is C18H25NO7. The molecule has 0 aliphatic rings. The number of hydrogen-bond acceptors (Lipinski definition) is 7. The van der Waals surface area contributed by atoms with Crippen molar-refractivity contribution in [3.63, 3.8) is 0 Å². The van der Waals surface area contributed by atoms with Crippen LogP contribution < -0.4 is 14.8 Å². The Morgan fingerprint density at radius 3 is 2.35 bits per heavy atom. The fraction of sp³-hybridized carbons (Fsp3) is 0.500. The van der Waals surface area contributed by atoms with Crippen LogP contribution in [0.15, 0.2) is 18.2 Å². The van der Waals surface area contributed by atoms with Crippen LogP contribution in [0.2, 0.25) is 0 Å². The number of ether oxygens (including phenoxy) is 4. The lowest BCUT2D eigenvalue weighted by Crippen LogP contribution is -2.47. The van der Waals surface area contributed by atoms with Crippen molar-refractivity contribution >= 4 is 17.8 Å². The molecule has 0 aliphatic carbocycles. The highest BCUT2D eigenvalue weighted by atomic mass is 16.5. The van der Waals surface area contributed by atoms with E-state index in [1.54, 1.807) is 12.1 Å². The Bertz CT molecular complexity index is 644. The van der Waals surface area contributed by atoms with Crippen molar-refractivity contribution in [1.29, 1.82) is 0 Å². The van der Waals surface area contributed by atoms with Gasteiger partial charge >= 0.3 is 11.9 Å². The lowest BCUT2D eigenvalue weighted by atomic mass is 9.99. The third kappa shape index (κ3) is 5.65. The Kier molecular flexibility index (Phi) is 8.41. The minimum Gasteiger partial charge on any atom is -0.497 e. The Hall–Kier alpha value is -2.77. The van der Waals surface area contributed by atoms with Crippen LogP contribution in [0.25, 0.3) is 0 Å². The monoisotopic (exact) mass is 367 g/mol. The fourth-order valence-corrected chi connectivity index (χ4v) is 2.19. The molecule has 2 atom stereocenters. The second-order valence-electron chi connectivity index (χ2n) is 5.60. The van der Waals surface area contributed by atoms with E-state index in [1.807, 2.05) is 13.8 Å². The Balaban J connectivity index is 2.74. The van der Waals surface area contributed by atoms with Gasteiger partial charge in [-0.2, -0.15) is 0 Å². The molecule has 0 aromatic heterocycles. The maximum atomic E-state index is 12.2. The first-order valence-electron chi connectivity index (χ1n) is 8.14. The first kappa shape index (κ1) is 21.3. The molecule has 1 rings (SSSR count). The molecule has 0 aliphatic heterocycles. The predicted molar refractivity (Wildman–Crippen MR) is 93.2 cm³/mol. The van der Waals surface area contributed by atoms with Gasteiger partial charge in [-0.1, -0.05) is 20.3 Å². The van der Waals surface area contributed by atoms with Crippen molar-refractivity contribution in [2.45, 2.75) is 26.3 Å². The highest BCUT2D eigenvalue weighted by molar-refractivity contribution is 5.94. The molecule has 0 fully saturated rings. The average molecular weight is 367 g/mol. The number of amides is 1. The number of benzene rings is 1. The number of nitrogens with one attached hydrogen (secondary N) is 1. The standard InChI is InChI=1S/C18H25NO7/c1-6-11(2)16(18(22)25-5)19-15(20)10-26-17(21)13-9-12(23-3)7-8-14(13)24-4/h7-9,11,16H,6,10H2,1-5H3,(H,19,20). The largest absolute Gasteiger partial charge is 0.497 e. The van der Waals surface area contributed by atoms with Gasteiger partial charge in [0.25, 0.3) is 5.91 Å². The third-order valence-electron chi connectivity index (χ3n) is 3.95. The summed E-state index contributed by atoms with van der Waals surface area (Å²) in [6, 6.07) is 3.85. The van der Waals surface area contributed by atoms with Gasteiger partial charge in [0.1, 0.15) is 23.1 Å². The molecule has 0 radical (unpaired) electrons. The molecule has 1 amide bonds. The van der Waals surface area contributed by atoms with Crippen molar-refractivity contribution < 1.29 is 33.3 Å². The fourth-order valence-electron chi connectivity index (χ4n) is 2.19. The maximum Gasteiger partial charge on any atom is 0.342 e. The number of hydrogen-bond donors (Lipinski definition) is 1. The van der Waals surface area contributed by atoms with Gasteiger partial charge in [-0.3, -0.25) is 4.79 Å². The van der Waals surface area contributed by atoms with Crippen LogP contribution in [0.3, 0.4) is 0 Å². The Morgan fingerprint density at radius 1 is 1.12 bits per heavy atom. The SMILES string of the molecule is CCC(C)C(NC(=O)COC(=O)c1cc(OC)ccc1OC)C(=O)OC. The number of esters is 2. The molecule has 0 spiro atoms. The van der Waals surface area contributed by atoms with E-state index in [-0.39, 0.29) is 11.5 Å². The zero-order chi connectivity index (χ0) is 19.7. The molecule has 1 N–H and O–H groups in total. The maximum absolute atomic E-state index is 12.2. The topological polar surface area (TPSA) is 100 Å². The highest BCUT2D eigenvalue weighted by Gasteiger charge is 2.27. The highest BCUT2D eigenvalue weighted by Crippen LogP contribution is 2.24. The minimum atomic E-state index is -0.803. The van der Waals surface area contributed by atoms with E-state index in [1.165, 1.54) is 27.4 Å². The van der Waals surface area contributed by atoms with E-state index in [9.17, 15) is 14.4 Å². The average Bonchev–Trinajstić information content (AvgIpc) is 2.68. The summed E-state index contributed by atoms with van der Waals surface area (Å²) in [6.07, 6.45) is 0.668. The summed E-state index contributed by atoms with van der Waals surface area (Å²) in [5, 5.41) is 2.53. The molecule has 0 saturated heterocycles. The van der Waals surface area contributed by atoms with Gasteiger partial charge in [0.05, 0.1) is 21.3 Å². The zero-order valence-corrected chi connectivity index (χ0v) is 15.7. The van der Waals surface area contributed by atoms with Crippen molar-refractivity contribution in [1.82, 2.24) is 5.32 Å². The van der Waals surface area contributed by atoms with Crippen LogP contribution in [0.1, 0.15) is 30.6 Å². The molecule has 0 heterocycles. The molecule has 26 heavy (non-hydrogen) atoms. The quantitative estimate of drug-likeness (QED) is 0.661. The van der Waals surface area contributed by atoms with Crippen LogP contribution in [0, 0.1) is 5.92 Å². The lowest BCUT2D eigenvalue weighted by Gasteiger charge is -2.21. The molecule has 2 unspecified atom stereocenters. The van der Waals surface area contributed by atoms with Crippen LogP contribution >= 0.6 is 0 Å². The predicted octanol–water partition coefficient (Wildman–Crippen LogP) is 1.56. The molecular weight excluding hydrogens is 342 g/mol. The van der Waals surface area contributed by atoms with Gasteiger partial charge in [0, 0.05) is 0 Å². The molecule has 1 aromatic rings. The van der Waals surface area contributed by atoms with Gasteiger partial charge in [0.2, 0.25) is 0 Å². The minimum absolute atomic E-state index is 0.124. The summed E-state index contributed by atoms with van der Waals surface area (Å²) in [5.41, 5.74) is 0.131. The van der Waals surface area contributed by atoms with E-state index in [0.717, 1.165) is 0 Å². The van der Waals surface area contributed by atoms with Gasteiger partial charge in [0.15, 0.2) is 6.61 Å². The first-order chi connectivity index (χ1) is 12.4. The smallest absolute Gasteiger partial charge is 0.342 e. The van der Waals surface area contributed by atoms with Crippen molar-refractivity contribution in [2.24, 2.45) is 5.92 Å².